The number of rotatable bonds is 28. The third-order valence-electron chi connectivity index (χ3n) is 6.90. The Morgan fingerprint density at radius 3 is 1.68 bits per heavy atom. The van der Waals surface area contributed by atoms with Crippen LogP contribution < -0.4 is 0 Å². The summed E-state index contributed by atoms with van der Waals surface area (Å²) < 4.78 is 28.6. The molecule has 0 aromatic carbocycles. The number of quaternary nitrogens is 1. The van der Waals surface area contributed by atoms with Gasteiger partial charge in [-0.05, 0) is 12.7 Å². The Hall–Kier alpha value is 0.340. The van der Waals surface area contributed by atoms with E-state index < -0.39 is 7.82 Å². The summed E-state index contributed by atoms with van der Waals surface area (Å²) in [6, 6.07) is -0.110. The van der Waals surface area contributed by atoms with Crippen molar-refractivity contribution in [3.05, 3.63) is 0 Å². The van der Waals surface area contributed by atoms with Crippen molar-refractivity contribution in [3.63, 3.8) is 0 Å². The fourth-order valence-electron chi connectivity index (χ4n) is 4.37. The fraction of sp³-hybridized carbons (Fsp3) is 1.00. The van der Waals surface area contributed by atoms with Crippen molar-refractivity contribution in [1.29, 1.82) is 0 Å². The molecule has 2 N–H and O–H groups in total. The van der Waals surface area contributed by atoms with Crippen LogP contribution in [0.5, 0.6) is 0 Å². The molecule has 0 fully saturated rings. The number of unbranched alkanes of at least 4 members (excludes halogenated alkanes) is 14. The van der Waals surface area contributed by atoms with Gasteiger partial charge in [-0.1, -0.05) is 96.8 Å². The second kappa shape index (κ2) is 24.2. The molecule has 0 radical (unpaired) electrons. The number of hydrogen-bond donors (Lipinski definition) is 2. The number of thioether (sulfide) groups is 1. The second-order valence-electron chi connectivity index (χ2n) is 11.3. The molecule has 0 aromatic heterocycles. The fourth-order valence-corrected chi connectivity index (χ4v) is 5.00. The van der Waals surface area contributed by atoms with Crippen molar-refractivity contribution in [2.45, 2.75) is 122 Å². The van der Waals surface area contributed by atoms with Gasteiger partial charge in [-0.2, -0.15) is 11.8 Å². The summed E-state index contributed by atoms with van der Waals surface area (Å²) in [6.45, 7) is 4.12. The van der Waals surface area contributed by atoms with Gasteiger partial charge >= 0.3 is 7.82 Å². The van der Waals surface area contributed by atoms with Crippen molar-refractivity contribution in [2.24, 2.45) is 0 Å². The first-order valence-electron chi connectivity index (χ1n) is 14.8. The third-order valence-corrected chi connectivity index (χ3v) is 7.96. The Morgan fingerprint density at radius 1 is 0.757 bits per heavy atom. The van der Waals surface area contributed by atoms with E-state index in [1.165, 1.54) is 89.9 Å². The summed E-state index contributed by atoms with van der Waals surface area (Å²) in [5, 5.41) is 0. The highest BCUT2D eigenvalue weighted by Gasteiger charge is 2.31. The van der Waals surface area contributed by atoms with Gasteiger partial charge in [0.25, 0.3) is 0 Å². The summed E-state index contributed by atoms with van der Waals surface area (Å²) in [6.07, 6.45) is 22.8. The number of ether oxygens (including phenoxy) is 2. The maximum Gasteiger partial charge on any atom is 0.469 e. The number of likely N-dealkylation sites (N-methyl/N-ethyl adjacent to an activating group) is 1. The zero-order chi connectivity index (χ0) is 27.8. The van der Waals surface area contributed by atoms with E-state index in [1.807, 2.05) is 27.4 Å². The minimum absolute atomic E-state index is 0.0186. The summed E-state index contributed by atoms with van der Waals surface area (Å²) in [7, 11) is 1.51. The van der Waals surface area contributed by atoms with Crippen molar-refractivity contribution >= 4 is 19.6 Å². The summed E-state index contributed by atoms with van der Waals surface area (Å²) >= 11 is 1.73. The molecule has 0 saturated carbocycles. The van der Waals surface area contributed by atoms with Crippen molar-refractivity contribution in [1.82, 2.24) is 0 Å². The van der Waals surface area contributed by atoms with E-state index in [4.69, 9.17) is 23.8 Å². The van der Waals surface area contributed by atoms with E-state index in [2.05, 4.69) is 6.92 Å². The number of nitrogens with zero attached hydrogens (tertiary/aromatic N) is 1. The summed E-state index contributed by atoms with van der Waals surface area (Å²) in [5.74, 6) is 0.906. The van der Waals surface area contributed by atoms with E-state index in [-0.39, 0.29) is 18.8 Å². The number of hydrogen-bond acceptors (Lipinski definition) is 5. The summed E-state index contributed by atoms with van der Waals surface area (Å²) in [4.78, 5) is 18.3. The van der Waals surface area contributed by atoms with Gasteiger partial charge in [-0.15, -0.1) is 0 Å². The molecule has 224 valence electrons. The molecule has 0 spiro atoms. The van der Waals surface area contributed by atoms with Crippen LogP contribution in [-0.2, 0) is 18.6 Å². The third kappa shape index (κ3) is 26.3. The molecule has 0 heterocycles. The van der Waals surface area contributed by atoms with Gasteiger partial charge < -0.3 is 23.7 Å². The molecule has 37 heavy (non-hydrogen) atoms. The molecule has 2 atom stereocenters. The average molecular weight is 571 g/mol. The van der Waals surface area contributed by atoms with Gasteiger partial charge in [0.2, 0.25) is 0 Å². The molecule has 9 heteroatoms. The Morgan fingerprint density at radius 2 is 1.24 bits per heavy atom. The normalized spacial score (nSPS) is 14.2. The van der Waals surface area contributed by atoms with Crippen molar-refractivity contribution < 1.29 is 32.8 Å². The molecule has 0 amide bonds. The van der Waals surface area contributed by atoms with Gasteiger partial charge in [-0.25, -0.2) is 4.57 Å². The number of phosphoric ester groups is 1. The molecule has 0 aliphatic carbocycles. The van der Waals surface area contributed by atoms with Gasteiger partial charge in [0, 0.05) is 18.8 Å². The Labute approximate surface area is 233 Å². The van der Waals surface area contributed by atoms with Crippen LogP contribution >= 0.6 is 19.6 Å². The standard InChI is InChI=1S/C28H60NO6PS/c1-6-7-8-9-10-11-12-13-14-15-16-17-18-19-20-21-33-26-28(34-22-23-37-5)24-27(29(2,3)4)25-35-36(30,31)32/h27-28H,6-26H2,1-5H3,(H-,30,31,32)/p+1. The predicted molar refractivity (Wildman–Crippen MR) is 158 cm³/mol. The quantitative estimate of drug-likeness (QED) is 0.0585. The van der Waals surface area contributed by atoms with Gasteiger partial charge in [0.15, 0.2) is 0 Å². The van der Waals surface area contributed by atoms with E-state index in [1.54, 1.807) is 11.8 Å². The molecule has 0 aliphatic rings. The topological polar surface area (TPSA) is 85.2 Å². The lowest BCUT2D eigenvalue weighted by atomic mass is 10.0. The van der Waals surface area contributed by atoms with E-state index in [9.17, 15) is 4.57 Å². The Balaban J connectivity index is 3.98. The van der Waals surface area contributed by atoms with Crippen LogP contribution in [0.15, 0.2) is 0 Å². The van der Waals surface area contributed by atoms with Crippen LogP contribution in [0.25, 0.3) is 0 Å². The molecule has 0 aliphatic heterocycles. The molecule has 0 saturated heterocycles. The lowest BCUT2D eigenvalue weighted by molar-refractivity contribution is -0.897. The van der Waals surface area contributed by atoms with Gasteiger partial charge in [-0.3, -0.25) is 4.52 Å². The largest absolute Gasteiger partial charge is 0.469 e. The van der Waals surface area contributed by atoms with Crippen molar-refractivity contribution in [3.8, 4) is 0 Å². The van der Waals surface area contributed by atoms with Crippen LogP contribution in [-0.4, -0.2) is 86.0 Å². The molecule has 0 rings (SSSR count). The summed E-state index contributed by atoms with van der Waals surface area (Å²) in [5.41, 5.74) is 0. The van der Waals surface area contributed by atoms with Crippen LogP contribution in [0.3, 0.4) is 0 Å². The van der Waals surface area contributed by atoms with Crippen LogP contribution in [0.2, 0.25) is 0 Å². The average Bonchev–Trinajstić information content (AvgIpc) is 2.82. The Bertz CT molecular complexity index is 543. The second-order valence-corrected chi connectivity index (χ2v) is 13.5. The highest BCUT2D eigenvalue weighted by Crippen LogP contribution is 2.36. The zero-order valence-electron chi connectivity index (χ0n) is 24.8. The minimum Gasteiger partial charge on any atom is -0.379 e. The molecule has 7 nitrogen and oxygen atoms in total. The highest BCUT2D eigenvalue weighted by atomic mass is 32.2. The van der Waals surface area contributed by atoms with Crippen LogP contribution in [0.4, 0.5) is 0 Å². The zero-order valence-corrected chi connectivity index (χ0v) is 26.5. The maximum absolute atomic E-state index is 11.2. The van der Waals surface area contributed by atoms with Crippen LogP contribution in [0, 0.1) is 0 Å². The highest BCUT2D eigenvalue weighted by molar-refractivity contribution is 7.98. The molecule has 2 unspecified atom stereocenters. The van der Waals surface area contributed by atoms with E-state index in [0.29, 0.717) is 24.1 Å². The SMILES string of the molecule is CCCCCCCCCCCCCCCCCOCC(CC(COP(=O)(O)O)[N+](C)(C)C)OCCSC. The predicted octanol–water partition coefficient (Wildman–Crippen LogP) is 7.20. The molecular weight excluding hydrogens is 509 g/mol. The minimum atomic E-state index is -4.50. The first-order valence-corrected chi connectivity index (χ1v) is 17.7. The maximum atomic E-state index is 11.2. The first kappa shape index (κ1) is 37.3. The van der Waals surface area contributed by atoms with Crippen LogP contribution in [0.1, 0.15) is 110 Å². The molecular formula is C28H61NO6PS+. The van der Waals surface area contributed by atoms with Gasteiger partial charge in [0.05, 0.1) is 40.5 Å². The van der Waals surface area contributed by atoms with Crippen molar-refractivity contribution in [2.75, 3.05) is 59.6 Å². The first-order chi connectivity index (χ1) is 17.6. The lowest BCUT2D eigenvalue weighted by Gasteiger charge is -2.36. The van der Waals surface area contributed by atoms with E-state index in [0.717, 1.165) is 18.8 Å². The molecule has 0 aromatic rings. The molecule has 0 bridgehead atoms. The number of phosphoric acid groups is 1. The monoisotopic (exact) mass is 570 g/mol. The van der Waals surface area contributed by atoms with E-state index >= 15 is 0 Å². The smallest absolute Gasteiger partial charge is 0.379 e. The van der Waals surface area contributed by atoms with Gasteiger partial charge in [0.1, 0.15) is 12.6 Å². The lowest BCUT2D eigenvalue weighted by Crippen LogP contribution is -2.50. The Kier molecular flexibility index (Phi) is 24.4.